The molecule has 0 spiro atoms. The highest BCUT2D eigenvalue weighted by atomic mass is 16.5. The van der Waals surface area contributed by atoms with Crippen LogP contribution in [0.15, 0.2) is 0 Å². The van der Waals surface area contributed by atoms with E-state index >= 15 is 0 Å². The van der Waals surface area contributed by atoms with E-state index in [1.165, 1.54) is 12.7 Å². The lowest BCUT2D eigenvalue weighted by atomic mass is 10.1. The molecule has 0 fully saturated rings. The molecule has 82 valence electrons. The Kier molecular flexibility index (Phi) is 2.73. The second-order valence-corrected chi connectivity index (χ2v) is 3.77. The summed E-state index contributed by atoms with van der Waals surface area (Å²) in [7, 11) is 1.53. The van der Waals surface area contributed by atoms with E-state index in [1.807, 2.05) is 6.92 Å². The molecule has 5 heteroatoms. The number of aromatic nitrogens is 2. The van der Waals surface area contributed by atoms with Gasteiger partial charge >= 0.3 is 0 Å². The molecule has 1 aromatic heterocycles. The molecule has 1 aliphatic rings. The Hall–Kier alpha value is -1.36. The molecule has 1 N–H and O–H groups in total. The SMILES string of the molecule is COCC(=O)N1CCc2c(n[nH]c2C)C1. The summed E-state index contributed by atoms with van der Waals surface area (Å²) in [6.45, 7) is 3.52. The molecule has 0 atom stereocenters. The normalized spacial score (nSPS) is 15.2. The number of aryl methyl sites for hydroxylation is 1. The Bertz CT molecular complexity index is 373. The minimum atomic E-state index is 0.0313. The Morgan fingerprint density at radius 2 is 2.47 bits per heavy atom. The van der Waals surface area contributed by atoms with Crippen molar-refractivity contribution in [1.29, 1.82) is 0 Å². The molecule has 0 radical (unpaired) electrons. The number of nitrogens with one attached hydrogen (secondary N) is 1. The van der Waals surface area contributed by atoms with Crippen LogP contribution in [0, 0.1) is 6.92 Å². The third-order valence-electron chi connectivity index (χ3n) is 2.75. The van der Waals surface area contributed by atoms with E-state index in [-0.39, 0.29) is 12.5 Å². The van der Waals surface area contributed by atoms with Gasteiger partial charge in [-0.3, -0.25) is 9.89 Å². The number of nitrogens with zero attached hydrogens (tertiary/aromatic N) is 2. The number of rotatable bonds is 2. The molecule has 0 aliphatic carbocycles. The van der Waals surface area contributed by atoms with Gasteiger partial charge in [0.15, 0.2) is 0 Å². The van der Waals surface area contributed by atoms with E-state index in [4.69, 9.17) is 4.74 Å². The number of hydrogen-bond donors (Lipinski definition) is 1. The number of amides is 1. The van der Waals surface area contributed by atoms with Crippen LogP contribution in [-0.2, 0) is 22.5 Å². The first-order chi connectivity index (χ1) is 7.22. The van der Waals surface area contributed by atoms with Crippen molar-refractivity contribution in [2.75, 3.05) is 20.3 Å². The average molecular weight is 209 g/mol. The van der Waals surface area contributed by atoms with Crippen molar-refractivity contribution < 1.29 is 9.53 Å². The number of hydrogen-bond acceptors (Lipinski definition) is 3. The first-order valence-electron chi connectivity index (χ1n) is 5.01. The van der Waals surface area contributed by atoms with Crippen LogP contribution in [0.5, 0.6) is 0 Å². The quantitative estimate of drug-likeness (QED) is 0.759. The maximum Gasteiger partial charge on any atom is 0.248 e. The number of carbonyl (C=O) groups is 1. The summed E-state index contributed by atoms with van der Waals surface area (Å²) in [6.07, 6.45) is 0.882. The van der Waals surface area contributed by atoms with Gasteiger partial charge in [-0.15, -0.1) is 0 Å². The summed E-state index contributed by atoms with van der Waals surface area (Å²) in [5, 5.41) is 7.14. The van der Waals surface area contributed by atoms with Gasteiger partial charge in [-0.1, -0.05) is 0 Å². The van der Waals surface area contributed by atoms with Gasteiger partial charge in [0.2, 0.25) is 5.91 Å². The molecule has 0 bridgehead atoms. The zero-order valence-corrected chi connectivity index (χ0v) is 9.04. The van der Waals surface area contributed by atoms with Crippen LogP contribution in [0.1, 0.15) is 17.0 Å². The number of ether oxygens (including phenoxy) is 1. The van der Waals surface area contributed by atoms with Crippen LogP contribution in [-0.4, -0.2) is 41.3 Å². The lowest BCUT2D eigenvalue weighted by Gasteiger charge is -2.26. The van der Waals surface area contributed by atoms with Gasteiger partial charge in [0.05, 0.1) is 12.2 Å². The number of methoxy groups -OCH3 is 1. The minimum Gasteiger partial charge on any atom is -0.375 e. The highest BCUT2D eigenvalue weighted by Crippen LogP contribution is 2.19. The molecular weight excluding hydrogens is 194 g/mol. The summed E-state index contributed by atoms with van der Waals surface area (Å²) < 4.78 is 4.83. The first-order valence-corrected chi connectivity index (χ1v) is 5.01. The molecule has 5 nitrogen and oxygen atoms in total. The number of H-pyrrole nitrogens is 1. The fourth-order valence-electron chi connectivity index (χ4n) is 1.90. The molecule has 1 amide bonds. The fraction of sp³-hybridized carbons (Fsp3) is 0.600. The van der Waals surface area contributed by atoms with Gasteiger partial charge in [-0.25, -0.2) is 0 Å². The van der Waals surface area contributed by atoms with Gasteiger partial charge in [0, 0.05) is 19.3 Å². The van der Waals surface area contributed by atoms with Gasteiger partial charge in [0.25, 0.3) is 0 Å². The van der Waals surface area contributed by atoms with Crippen LogP contribution in [0.4, 0.5) is 0 Å². The predicted octanol–water partition coefficient (Wildman–Crippen LogP) is 0.249. The minimum absolute atomic E-state index is 0.0313. The monoisotopic (exact) mass is 209 g/mol. The molecule has 1 aliphatic heterocycles. The van der Waals surface area contributed by atoms with Crippen molar-refractivity contribution in [2.24, 2.45) is 0 Å². The Balaban J connectivity index is 2.09. The average Bonchev–Trinajstić information content (AvgIpc) is 2.60. The predicted molar refractivity (Wildman–Crippen MR) is 54.3 cm³/mol. The molecule has 0 aromatic carbocycles. The Morgan fingerprint density at radius 1 is 1.67 bits per heavy atom. The van der Waals surface area contributed by atoms with E-state index in [1.54, 1.807) is 4.90 Å². The highest BCUT2D eigenvalue weighted by molar-refractivity contribution is 5.77. The topological polar surface area (TPSA) is 58.2 Å². The van der Waals surface area contributed by atoms with E-state index in [9.17, 15) is 4.79 Å². The maximum atomic E-state index is 11.6. The van der Waals surface area contributed by atoms with Gasteiger partial charge in [-0.2, -0.15) is 5.10 Å². The summed E-state index contributed by atoms with van der Waals surface area (Å²) in [6, 6.07) is 0. The third-order valence-corrected chi connectivity index (χ3v) is 2.75. The Morgan fingerprint density at radius 3 is 3.20 bits per heavy atom. The summed E-state index contributed by atoms with van der Waals surface area (Å²) >= 11 is 0. The van der Waals surface area contributed by atoms with Crippen LogP contribution >= 0.6 is 0 Å². The fourth-order valence-corrected chi connectivity index (χ4v) is 1.90. The van der Waals surface area contributed by atoms with Crippen molar-refractivity contribution in [3.05, 3.63) is 17.0 Å². The van der Waals surface area contributed by atoms with Gasteiger partial charge < -0.3 is 9.64 Å². The zero-order chi connectivity index (χ0) is 10.8. The molecule has 15 heavy (non-hydrogen) atoms. The van der Waals surface area contributed by atoms with Crippen LogP contribution < -0.4 is 0 Å². The van der Waals surface area contributed by atoms with Crippen LogP contribution in [0.3, 0.4) is 0 Å². The Labute approximate surface area is 88.4 Å². The van der Waals surface area contributed by atoms with E-state index < -0.39 is 0 Å². The first kappa shape index (κ1) is 10.2. The molecule has 0 saturated heterocycles. The third kappa shape index (κ3) is 1.87. The number of fused-ring (bicyclic) bond motifs is 1. The van der Waals surface area contributed by atoms with E-state index in [0.29, 0.717) is 6.54 Å². The van der Waals surface area contributed by atoms with Crippen molar-refractivity contribution >= 4 is 5.91 Å². The second-order valence-electron chi connectivity index (χ2n) is 3.77. The molecule has 2 rings (SSSR count). The molecular formula is C10H15N3O2. The zero-order valence-electron chi connectivity index (χ0n) is 9.04. The smallest absolute Gasteiger partial charge is 0.248 e. The number of carbonyl (C=O) groups excluding carboxylic acids is 1. The molecule has 0 unspecified atom stereocenters. The van der Waals surface area contributed by atoms with E-state index in [0.717, 1.165) is 24.4 Å². The largest absolute Gasteiger partial charge is 0.375 e. The van der Waals surface area contributed by atoms with Crippen LogP contribution in [0.2, 0.25) is 0 Å². The highest BCUT2D eigenvalue weighted by Gasteiger charge is 2.23. The van der Waals surface area contributed by atoms with Crippen LogP contribution in [0.25, 0.3) is 0 Å². The lowest BCUT2D eigenvalue weighted by Crippen LogP contribution is -2.38. The maximum absolute atomic E-state index is 11.6. The number of aromatic amines is 1. The second kappa shape index (κ2) is 4.02. The standard InChI is InChI=1S/C10H15N3O2/c1-7-8-3-4-13(10(14)6-15-2)5-9(8)12-11-7/h3-6H2,1-2H3,(H,11,12). The van der Waals surface area contributed by atoms with Crippen molar-refractivity contribution in [3.63, 3.8) is 0 Å². The van der Waals surface area contributed by atoms with Crippen molar-refractivity contribution in [1.82, 2.24) is 15.1 Å². The van der Waals surface area contributed by atoms with E-state index in [2.05, 4.69) is 10.2 Å². The van der Waals surface area contributed by atoms with Gasteiger partial charge in [0.1, 0.15) is 6.61 Å². The summed E-state index contributed by atoms with van der Waals surface area (Å²) in [5.41, 5.74) is 3.36. The molecule has 0 saturated carbocycles. The molecule has 1 aromatic rings. The van der Waals surface area contributed by atoms with Crippen molar-refractivity contribution in [2.45, 2.75) is 19.9 Å². The van der Waals surface area contributed by atoms with Crippen molar-refractivity contribution in [3.8, 4) is 0 Å². The van der Waals surface area contributed by atoms with Gasteiger partial charge in [-0.05, 0) is 18.9 Å². The lowest BCUT2D eigenvalue weighted by molar-refractivity contribution is -0.136. The summed E-state index contributed by atoms with van der Waals surface area (Å²) in [5.74, 6) is 0.0313. The molecule has 2 heterocycles. The summed E-state index contributed by atoms with van der Waals surface area (Å²) in [4.78, 5) is 13.4.